The summed E-state index contributed by atoms with van der Waals surface area (Å²) in [5, 5.41) is 22.7. The maximum absolute atomic E-state index is 11.1. The molecule has 0 amide bonds. The van der Waals surface area contributed by atoms with Gasteiger partial charge in [0.2, 0.25) is 0 Å². The molecule has 1 fully saturated rings. The summed E-state index contributed by atoms with van der Waals surface area (Å²) in [6.07, 6.45) is 4.33. The van der Waals surface area contributed by atoms with Crippen molar-refractivity contribution < 1.29 is 14.8 Å². The molecular formula is C12H15N3O4. The van der Waals surface area contributed by atoms with Gasteiger partial charge in [0.15, 0.2) is 0 Å². The summed E-state index contributed by atoms with van der Waals surface area (Å²) < 4.78 is 0. The molecule has 102 valence electrons. The van der Waals surface area contributed by atoms with Crippen LogP contribution < -0.4 is 5.32 Å². The molecule has 2 rings (SSSR count). The van der Waals surface area contributed by atoms with Crippen LogP contribution in [0.4, 0.5) is 11.5 Å². The van der Waals surface area contributed by atoms with Crippen LogP contribution in [0.25, 0.3) is 0 Å². The lowest BCUT2D eigenvalue weighted by molar-refractivity contribution is -0.385. The molecular weight excluding hydrogens is 250 g/mol. The third kappa shape index (κ3) is 2.81. The van der Waals surface area contributed by atoms with E-state index >= 15 is 0 Å². The van der Waals surface area contributed by atoms with E-state index in [-0.39, 0.29) is 22.5 Å². The van der Waals surface area contributed by atoms with E-state index in [2.05, 4.69) is 17.2 Å². The Hall–Kier alpha value is -2.18. The van der Waals surface area contributed by atoms with E-state index < -0.39 is 10.9 Å². The Morgan fingerprint density at radius 2 is 2.32 bits per heavy atom. The average Bonchev–Trinajstić information content (AvgIpc) is 3.16. The molecule has 1 saturated carbocycles. The van der Waals surface area contributed by atoms with E-state index in [0.29, 0.717) is 6.54 Å². The van der Waals surface area contributed by atoms with Crippen LogP contribution >= 0.6 is 0 Å². The molecule has 0 saturated heterocycles. The lowest BCUT2D eigenvalue weighted by Gasteiger charge is -2.14. The van der Waals surface area contributed by atoms with Crippen molar-refractivity contribution in [2.75, 3.05) is 11.9 Å². The fraction of sp³-hybridized carbons (Fsp3) is 0.500. The predicted octanol–water partition coefficient (Wildman–Crippen LogP) is 2.29. The molecule has 0 spiro atoms. The molecule has 19 heavy (non-hydrogen) atoms. The Kier molecular flexibility index (Phi) is 3.37. The minimum Gasteiger partial charge on any atom is -0.478 e. The van der Waals surface area contributed by atoms with Crippen LogP contribution in [0.2, 0.25) is 0 Å². The van der Waals surface area contributed by atoms with Gasteiger partial charge in [-0.15, -0.1) is 0 Å². The van der Waals surface area contributed by atoms with Crippen molar-refractivity contribution in [3.05, 3.63) is 27.9 Å². The first-order valence-corrected chi connectivity index (χ1v) is 6.09. The maximum Gasteiger partial charge on any atom is 0.339 e. The Balaban J connectivity index is 2.19. The van der Waals surface area contributed by atoms with Gasteiger partial charge >= 0.3 is 5.97 Å². The predicted molar refractivity (Wildman–Crippen MR) is 68.3 cm³/mol. The minimum atomic E-state index is -1.22. The van der Waals surface area contributed by atoms with Crippen molar-refractivity contribution in [1.82, 2.24) is 4.98 Å². The van der Waals surface area contributed by atoms with Crippen LogP contribution in [0.15, 0.2) is 12.3 Å². The fourth-order valence-electron chi connectivity index (χ4n) is 1.96. The highest BCUT2D eigenvalue weighted by atomic mass is 16.6. The Labute approximate surface area is 109 Å². The van der Waals surface area contributed by atoms with Crippen LogP contribution in [0.3, 0.4) is 0 Å². The second-order valence-corrected chi connectivity index (χ2v) is 4.86. The van der Waals surface area contributed by atoms with Gasteiger partial charge in [-0.2, -0.15) is 0 Å². The molecule has 1 aromatic heterocycles. The number of rotatable bonds is 6. The van der Waals surface area contributed by atoms with E-state index in [1.807, 2.05) is 0 Å². The van der Waals surface area contributed by atoms with Gasteiger partial charge in [-0.25, -0.2) is 9.78 Å². The normalized spacial score (nSPS) is 15.8. The largest absolute Gasteiger partial charge is 0.478 e. The topological polar surface area (TPSA) is 105 Å². The zero-order valence-corrected chi connectivity index (χ0v) is 10.5. The summed E-state index contributed by atoms with van der Waals surface area (Å²) in [5.41, 5.74) is -0.250. The smallest absolute Gasteiger partial charge is 0.339 e. The highest BCUT2D eigenvalue weighted by molar-refractivity contribution is 5.93. The van der Waals surface area contributed by atoms with Gasteiger partial charge in [0, 0.05) is 12.6 Å². The molecule has 0 bridgehead atoms. The molecule has 7 nitrogen and oxygen atoms in total. The van der Waals surface area contributed by atoms with Gasteiger partial charge < -0.3 is 10.4 Å². The lowest BCUT2D eigenvalue weighted by atomic mass is 10.0. The van der Waals surface area contributed by atoms with Crippen molar-refractivity contribution in [2.45, 2.75) is 26.2 Å². The number of anilines is 1. The van der Waals surface area contributed by atoms with E-state index in [1.54, 1.807) is 0 Å². The zero-order valence-electron chi connectivity index (χ0n) is 10.5. The van der Waals surface area contributed by atoms with Gasteiger partial charge in [0.1, 0.15) is 17.6 Å². The SMILES string of the molecule is CCC1(CNc2ncc([N+](=O)[O-])cc2C(=O)O)CC1. The number of carboxylic acids is 1. The molecule has 1 aliphatic rings. The molecule has 1 heterocycles. The zero-order chi connectivity index (χ0) is 14.0. The van der Waals surface area contributed by atoms with Gasteiger partial charge in [0.25, 0.3) is 5.69 Å². The van der Waals surface area contributed by atoms with Gasteiger partial charge in [-0.05, 0) is 24.7 Å². The second-order valence-electron chi connectivity index (χ2n) is 4.86. The third-order valence-corrected chi connectivity index (χ3v) is 3.65. The van der Waals surface area contributed by atoms with Gasteiger partial charge in [-0.3, -0.25) is 10.1 Å². The summed E-state index contributed by atoms with van der Waals surface area (Å²) in [6, 6.07) is 1.03. The Bertz CT molecular complexity index is 526. The standard InChI is InChI=1S/C12H15N3O4/c1-2-12(3-4-12)7-14-10-9(11(16)17)5-8(6-13-10)15(18)19/h5-6H,2-4,7H2,1H3,(H,13,14)(H,16,17). The summed E-state index contributed by atoms with van der Waals surface area (Å²) in [7, 11) is 0. The van der Waals surface area contributed by atoms with Crippen molar-refractivity contribution in [3.63, 3.8) is 0 Å². The number of carbonyl (C=O) groups is 1. The fourth-order valence-corrected chi connectivity index (χ4v) is 1.96. The second kappa shape index (κ2) is 4.83. The summed E-state index contributed by atoms with van der Waals surface area (Å²) >= 11 is 0. The molecule has 1 aromatic rings. The van der Waals surface area contributed by atoms with Crippen LogP contribution in [-0.2, 0) is 0 Å². The van der Waals surface area contributed by atoms with Crippen molar-refractivity contribution in [2.24, 2.45) is 5.41 Å². The highest BCUT2D eigenvalue weighted by Crippen LogP contribution is 2.48. The van der Waals surface area contributed by atoms with Crippen LogP contribution in [0.1, 0.15) is 36.5 Å². The molecule has 1 aliphatic carbocycles. The maximum atomic E-state index is 11.1. The number of hydrogen-bond acceptors (Lipinski definition) is 5. The molecule has 2 N–H and O–H groups in total. The first-order valence-electron chi connectivity index (χ1n) is 6.09. The first-order chi connectivity index (χ1) is 8.97. The van der Waals surface area contributed by atoms with Crippen molar-refractivity contribution in [1.29, 1.82) is 0 Å². The number of aromatic carboxylic acids is 1. The van der Waals surface area contributed by atoms with Crippen LogP contribution in [0, 0.1) is 15.5 Å². The number of aromatic nitrogens is 1. The molecule has 0 radical (unpaired) electrons. The Morgan fingerprint density at radius 3 is 2.79 bits per heavy atom. The number of carboxylic acid groups (broad SMARTS) is 1. The quantitative estimate of drug-likeness (QED) is 0.603. The Morgan fingerprint density at radius 1 is 1.63 bits per heavy atom. The van der Waals surface area contributed by atoms with Crippen LogP contribution in [0.5, 0.6) is 0 Å². The summed E-state index contributed by atoms with van der Waals surface area (Å²) in [6.45, 7) is 2.74. The average molecular weight is 265 g/mol. The highest BCUT2D eigenvalue weighted by Gasteiger charge is 2.40. The van der Waals surface area contributed by atoms with E-state index in [4.69, 9.17) is 5.11 Å². The van der Waals surface area contributed by atoms with E-state index in [9.17, 15) is 14.9 Å². The van der Waals surface area contributed by atoms with Crippen LogP contribution in [-0.4, -0.2) is 27.5 Å². The number of hydrogen-bond donors (Lipinski definition) is 2. The molecule has 0 aliphatic heterocycles. The number of nitrogens with one attached hydrogen (secondary N) is 1. The number of pyridine rings is 1. The van der Waals surface area contributed by atoms with E-state index in [0.717, 1.165) is 31.5 Å². The molecule has 7 heteroatoms. The number of nitrogens with zero attached hydrogens (tertiary/aromatic N) is 2. The minimum absolute atomic E-state index is 0.166. The van der Waals surface area contributed by atoms with Crippen molar-refractivity contribution in [3.8, 4) is 0 Å². The third-order valence-electron chi connectivity index (χ3n) is 3.65. The summed E-state index contributed by atoms with van der Waals surface area (Å²) in [5.74, 6) is -1.03. The molecule has 0 unspecified atom stereocenters. The lowest BCUT2D eigenvalue weighted by Crippen LogP contribution is -2.17. The van der Waals surface area contributed by atoms with Crippen molar-refractivity contribution >= 4 is 17.5 Å². The monoisotopic (exact) mass is 265 g/mol. The molecule has 0 aromatic carbocycles. The first kappa shape index (κ1) is 13.3. The van der Waals surface area contributed by atoms with E-state index in [1.165, 1.54) is 0 Å². The van der Waals surface area contributed by atoms with Gasteiger partial charge in [-0.1, -0.05) is 6.92 Å². The van der Waals surface area contributed by atoms with Gasteiger partial charge in [0.05, 0.1) is 4.92 Å². The summed E-state index contributed by atoms with van der Waals surface area (Å²) in [4.78, 5) is 24.9. The number of nitro groups is 1. The molecule has 0 atom stereocenters.